The number of amides is 1. The normalized spacial score (nSPS) is 11.4. The average molecular weight is 498 g/mol. The Balaban J connectivity index is 1.40. The van der Waals surface area contributed by atoms with Gasteiger partial charge < -0.3 is 10.3 Å². The molecule has 0 fully saturated rings. The summed E-state index contributed by atoms with van der Waals surface area (Å²) in [5, 5.41) is 11.9. The Labute approximate surface area is 208 Å². The molecule has 8 nitrogen and oxygen atoms in total. The maximum Gasteiger partial charge on any atom is 0.224 e. The lowest BCUT2D eigenvalue weighted by Crippen LogP contribution is -2.10. The highest BCUT2D eigenvalue weighted by atomic mass is 32.1. The number of rotatable bonds is 6. The maximum absolute atomic E-state index is 13.7. The third-order valence-corrected chi connectivity index (χ3v) is 6.78. The van der Waals surface area contributed by atoms with Crippen LogP contribution in [0.4, 0.5) is 10.1 Å². The SMILES string of the molecule is CCCC(=O)Nc1cncc(-c2cnc3[nH]nc(-c4cc5c(-c6ccc(F)s6)ccnc5[nH]4)c3c2)c1. The Bertz CT molecular complexity index is 1740. The first kappa shape index (κ1) is 22.1. The van der Waals surface area contributed by atoms with E-state index in [9.17, 15) is 9.18 Å². The zero-order valence-corrected chi connectivity index (χ0v) is 20.0. The molecule has 0 unspecified atom stereocenters. The van der Waals surface area contributed by atoms with E-state index >= 15 is 0 Å². The number of anilines is 1. The van der Waals surface area contributed by atoms with E-state index in [1.165, 1.54) is 6.07 Å². The molecule has 0 aliphatic heterocycles. The summed E-state index contributed by atoms with van der Waals surface area (Å²) in [6, 6.07) is 11.0. The van der Waals surface area contributed by atoms with Crippen molar-refractivity contribution in [2.24, 2.45) is 0 Å². The van der Waals surface area contributed by atoms with Gasteiger partial charge in [-0.25, -0.2) is 9.97 Å². The monoisotopic (exact) mass is 497 g/mol. The van der Waals surface area contributed by atoms with E-state index in [2.05, 4.69) is 35.5 Å². The minimum Gasteiger partial charge on any atom is -0.338 e. The summed E-state index contributed by atoms with van der Waals surface area (Å²) in [5.74, 6) is -0.0424. The van der Waals surface area contributed by atoms with Crippen LogP contribution in [0.1, 0.15) is 19.8 Å². The number of carbonyl (C=O) groups is 1. The van der Waals surface area contributed by atoms with Gasteiger partial charge in [0.1, 0.15) is 11.3 Å². The van der Waals surface area contributed by atoms with Crippen molar-refractivity contribution in [2.75, 3.05) is 5.32 Å². The van der Waals surface area contributed by atoms with E-state index < -0.39 is 0 Å². The first-order valence-electron chi connectivity index (χ1n) is 11.4. The predicted octanol–water partition coefficient (Wildman–Crippen LogP) is 6.17. The van der Waals surface area contributed by atoms with Gasteiger partial charge in [-0.3, -0.25) is 14.9 Å². The largest absolute Gasteiger partial charge is 0.338 e. The van der Waals surface area contributed by atoms with Crippen molar-refractivity contribution in [1.29, 1.82) is 0 Å². The van der Waals surface area contributed by atoms with Gasteiger partial charge in [0.15, 0.2) is 10.8 Å². The number of nitrogens with zero attached hydrogens (tertiary/aromatic N) is 4. The fourth-order valence-corrected chi connectivity index (χ4v) is 4.98. The predicted molar refractivity (Wildman–Crippen MR) is 139 cm³/mol. The number of H-pyrrole nitrogens is 2. The number of hydrogen-bond donors (Lipinski definition) is 3. The molecule has 6 aromatic heterocycles. The van der Waals surface area contributed by atoms with Gasteiger partial charge in [0.25, 0.3) is 0 Å². The smallest absolute Gasteiger partial charge is 0.224 e. The van der Waals surface area contributed by atoms with Gasteiger partial charge in [-0.1, -0.05) is 6.92 Å². The molecule has 0 bridgehead atoms. The van der Waals surface area contributed by atoms with Gasteiger partial charge in [-0.05, 0) is 42.8 Å². The second-order valence-corrected chi connectivity index (χ2v) is 9.39. The summed E-state index contributed by atoms with van der Waals surface area (Å²) in [4.78, 5) is 29.5. The van der Waals surface area contributed by atoms with E-state index in [0.717, 1.165) is 55.8 Å². The Morgan fingerprint density at radius 1 is 1.03 bits per heavy atom. The lowest BCUT2D eigenvalue weighted by molar-refractivity contribution is -0.116. The molecular weight excluding hydrogens is 477 g/mol. The van der Waals surface area contributed by atoms with E-state index in [-0.39, 0.29) is 11.0 Å². The number of carbonyl (C=O) groups excluding carboxylic acids is 1. The second-order valence-electron chi connectivity index (χ2n) is 8.36. The topological polar surface area (TPSA) is 112 Å². The van der Waals surface area contributed by atoms with Crippen molar-refractivity contribution >= 4 is 45.0 Å². The zero-order chi connectivity index (χ0) is 24.6. The highest BCUT2D eigenvalue weighted by Crippen LogP contribution is 2.36. The standard InChI is InChI=1S/C26H20FN7OS/c1-2-3-23(35)31-16-8-14(11-28-13-16)15-9-19-24(33-34-26(19)30-12-15)20-10-18-17(6-7-29-25(18)32-20)21-4-5-22(27)36-21/h4-13H,2-3H2,1H3,(H,29,32)(H,31,35)(H,30,33,34). The molecule has 0 radical (unpaired) electrons. The highest BCUT2D eigenvalue weighted by molar-refractivity contribution is 7.14. The summed E-state index contributed by atoms with van der Waals surface area (Å²) < 4.78 is 13.7. The molecule has 0 aromatic carbocycles. The molecule has 0 spiro atoms. The van der Waals surface area contributed by atoms with E-state index in [4.69, 9.17) is 0 Å². The molecule has 36 heavy (non-hydrogen) atoms. The number of aromatic nitrogens is 6. The lowest BCUT2D eigenvalue weighted by Gasteiger charge is -2.07. The van der Waals surface area contributed by atoms with Crippen LogP contribution in [-0.2, 0) is 4.79 Å². The summed E-state index contributed by atoms with van der Waals surface area (Å²) in [5.41, 5.74) is 6.00. The van der Waals surface area contributed by atoms with Gasteiger partial charge in [-0.2, -0.15) is 9.49 Å². The van der Waals surface area contributed by atoms with Gasteiger partial charge in [0.2, 0.25) is 5.91 Å². The van der Waals surface area contributed by atoms with Gasteiger partial charge in [-0.15, -0.1) is 11.3 Å². The number of nitrogens with one attached hydrogen (secondary N) is 3. The minimum atomic E-state index is -0.230. The molecule has 0 atom stereocenters. The van der Waals surface area contributed by atoms with Crippen molar-refractivity contribution < 1.29 is 9.18 Å². The first-order chi connectivity index (χ1) is 17.6. The Hall–Kier alpha value is -4.44. The minimum absolute atomic E-state index is 0.0424. The number of halogens is 1. The van der Waals surface area contributed by atoms with Crippen molar-refractivity contribution in [3.8, 4) is 33.0 Å². The maximum atomic E-state index is 13.7. The quantitative estimate of drug-likeness (QED) is 0.255. The van der Waals surface area contributed by atoms with Gasteiger partial charge >= 0.3 is 0 Å². The third kappa shape index (κ3) is 4.01. The zero-order valence-electron chi connectivity index (χ0n) is 19.2. The van der Waals surface area contributed by atoms with Crippen molar-refractivity contribution in [2.45, 2.75) is 19.8 Å². The van der Waals surface area contributed by atoms with E-state index in [0.29, 0.717) is 29.1 Å². The van der Waals surface area contributed by atoms with Crippen LogP contribution in [-0.4, -0.2) is 36.0 Å². The van der Waals surface area contributed by atoms with Crippen LogP contribution in [0.2, 0.25) is 0 Å². The number of thiophene rings is 1. The van der Waals surface area contributed by atoms with Crippen molar-refractivity contribution in [3.05, 3.63) is 66.3 Å². The molecule has 178 valence electrons. The van der Waals surface area contributed by atoms with E-state index in [1.54, 1.807) is 30.9 Å². The number of hydrogen-bond acceptors (Lipinski definition) is 6. The lowest BCUT2D eigenvalue weighted by atomic mass is 10.1. The number of pyridine rings is 3. The summed E-state index contributed by atoms with van der Waals surface area (Å²) in [6.45, 7) is 1.96. The fraction of sp³-hybridized carbons (Fsp3) is 0.115. The Morgan fingerprint density at radius 2 is 1.92 bits per heavy atom. The van der Waals surface area contributed by atoms with Gasteiger partial charge in [0.05, 0.1) is 17.6 Å². The van der Waals surface area contributed by atoms with Crippen LogP contribution >= 0.6 is 11.3 Å². The molecule has 0 aliphatic carbocycles. The molecule has 6 heterocycles. The molecule has 1 amide bonds. The Kier molecular flexibility index (Phi) is 5.49. The summed E-state index contributed by atoms with van der Waals surface area (Å²) in [6.07, 6.45) is 8.04. The molecule has 6 aromatic rings. The van der Waals surface area contributed by atoms with Crippen LogP contribution in [0.15, 0.2) is 61.2 Å². The summed E-state index contributed by atoms with van der Waals surface area (Å²) in [7, 11) is 0. The summed E-state index contributed by atoms with van der Waals surface area (Å²) >= 11 is 1.10. The van der Waals surface area contributed by atoms with Crippen molar-refractivity contribution in [3.63, 3.8) is 0 Å². The molecule has 10 heteroatoms. The van der Waals surface area contributed by atoms with E-state index in [1.807, 2.05) is 31.2 Å². The molecule has 3 N–H and O–H groups in total. The fourth-order valence-electron chi connectivity index (χ4n) is 4.21. The number of fused-ring (bicyclic) bond motifs is 2. The van der Waals surface area contributed by atoms with Crippen molar-refractivity contribution in [1.82, 2.24) is 30.1 Å². The molecule has 0 saturated carbocycles. The van der Waals surface area contributed by atoms with Crippen LogP contribution in [0.5, 0.6) is 0 Å². The van der Waals surface area contributed by atoms with Crippen LogP contribution < -0.4 is 5.32 Å². The molecular formula is C26H20FN7OS. The molecule has 6 rings (SSSR count). The average Bonchev–Trinajstić information content (AvgIpc) is 3.61. The van der Waals surface area contributed by atoms with Gasteiger partial charge in [0, 0.05) is 57.4 Å². The molecule has 0 saturated heterocycles. The van der Waals surface area contributed by atoms with Crippen LogP contribution in [0, 0.1) is 5.13 Å². The molecule has 0 aliphatic rings. The first-order valence-corrected chi connectivity index (χ1v) is 12.2. The van der Waals surface area contributed by atoms with Crippen LogP contribution in [0.25, 0.3) is 55.0 Å². The van der Waals surface area contributed by atoms with Crippen LogP contribution in [0.3, 0.4) is 0 Å². The third-order valence-electron chi connectivity index (χ3n) is 5.87. The second kappa shape index (κ2) is 8.97. The Morgan fingerprint density at radius 3 is 2.75 bits per heavy atom. The number of aromatic amines is 2. The highest BCUT2D eigenvalue weighted by Gasteiger charge is 2.16.